The molecular weight excluding hydrogens is 478 g/mol. The Kier molecular flexibility index (Phi) is 7.17. The van der Waals surface area contributed by atoms with Crippen LogP contribution in [0.3, 0.4) is 0 Å². The van der Waals surface area contributed by atoms with Gasteiger partial charge in [0.05, 0.1) is 16.2 Å². The lowest BCUT2D eigenvalue weighted by Gasteiger charge is -2.17. The van der Waals surface area contributed by atoms with Crippen molar-refractivity contribution < 1.29 is 14.4 Å². The molecule has 170 valence electrons. The first kappa shape index (κ1) is 23.5. The molecule has 33 heavy (non-hydrogen) atoms. The summed E-state index contributed by atoms with van der Waals surface area (Å²) in [6.45, 7) is 2.45. The van der Waals surface area contributed by atoms with Gasteiger partial charge in [0.2, 0.25) is 5.91 Å². The molecule has 1 fully saturated rings. The van der Waals surface area contributed by atoms with Crippen molar-refractivity contribution in [2.45, 2.75) is 26.2 Å². The maximum absolute atomic E-state index is 13.4. The van der Waals surface area contributed by atoms with Gasteiger partial charge in [0, 0.05) is 22.8 Å². The van der Waals surface area contributed by atoms with Gasteiger partial charge in [-0.1, -0.05) is 73.5 Å². The molecule has 0 aliphatic carbocycles. The minimum atomic E-state index is -0.378. The van der Waals surface area contributed by atoms with Gasteiger partial charge < -0.3 is 5.32 Å². The molecule has 1 saturated heterocycles. The van der Waals surface area contributed by atoms with Crippen molar-refractivity contribution in [3.63, 3.8) is 0 Å². The maximum atomic E-state index is 13.4. The smallest absolute Gasteiger partial charge is 0.267 e. The molecule has 1 N–H and O–H groups in total. The van der Waals surface area contributed by atoms with E-state index in [1.165, 1.54) is 4.90 Å². The Morgan fingerprint density at radius 1 is 1.03 bits per heavy atom. The van der Waals surface area contributed by atoms with Gasteiger partial charge in [-0.15, -0.1) is 0 Å². The SMILES string of the molecule is CCCCCN1C(=O)/C(=C2\C(=O)N(CC(=O)Nc3ccc(Cl)cc3)c3ccccc32)SC1=S. The molecule has 2 aliphatic rings. The summed E-state index contributed by atoms with van der Waals surface area (Å²) in [4.78, 5) is 42.6. The maximum Gasteiger partial charge on any atom is 0.267 e. The molecule has 2 heterocycles. The van der Waals surface area contributed by atoms with Gasteiger partial charge in [-0.25, -0.2) is 0 Å². The zero-order chi connectivity index (χ0) is 23.5. The number of rotatable bonds is 7. The van der Waals surface area contributed by atoms with Crippen LogP contribution in [0.1, 0.15) is 31.7 Å². The zero-order valence-corrected chi connectivity index (χ0v) is 20.4. The summed E-state index contributed by atoms with van der Waals surface area (Å²) in [6.07, 6.45) is 2.89. The highest BCUT2D eigenvalue weighted by atomic mass is 35.5. The third kappa shape index (κ3) is 4.83. The number of nitrogens with one attached hydrogen (secondary N) is 1. The molecule has 3 amide bonds. The van der Waals surface area contributed by atoms with Crippen LogP contribution in [0.2, 0.25) is 5.02 Å². The van der Waals surface area contributed by atoms with Gasteiger partial charge in [-0.3, -0.25) is 24.2 Å². The second-order valence-corrected chi connectivity index (χ2v) is 9.78. The van der Waals surface area contributed by atoms with Crippen LogP contribution in [0.15, 0.2) is 53.4 Å². The Balaban J connectivity index is 1.59. The number of hydrogen-bond donors (Lipinski definition) is 1. The average molecular weight is 500 g/mol. The topological polar surface area (TPSA) is 69.7 Å². The third-order valence-corrected chi connectivity index (χ3v) is 7.11. The van der Waals surface area contributed by atoms with Crippen LogP contribution in [0.25, 0.3) is 5.57 Å². The molecule has 0 atom stereocenters. The monoisotopic (exact) mass is 499 g/mol. The Hall–Kier alpha value is -2.68. The molecular formula is C24H22ClN3O3S2. The van der Waals surface area contributed by atoms with Crippen LogP contribution in [0.5, 0.6) is 0 Å². The van der Waals surface area contributed by atoms with Crippen molar-refractivity contribution in [1.82, 2.24) is 4.90 Å². The second-order valence-electron chi connectivity index (χ2n) is 7.70. The van der Waals surface area contributed by atoms with E-state index in [1.54, 1.807) is 47.4 Å². The lowest BCUT2D eigenvalue weighted by molar-refractivity contribution is -0.122. The molecule has 0 radical (unpaired) electrons. The summed E-state index contributed by atoms with van der Waals surface area (Å²) in [7, 11) is 0. The molecule has 0 unspecified atom stereocenters. The molecule has 9 heteroatoms. The lowest BCUT2D eigenvalue weighted by atomic mass is 10.1. The number of para-hydroxylation sites is 1. The van der Waals surface area contributed by atoms with Crippen LogP contribution >= 0.6 is 35.6 Å². The number of thiocarbonyl (C=S) groups is 1. The van der Waals surface area contributed by atoms with E-state index >= 15 is 0 Å². The van der Waals surface area contributed by atoms with Crippen molar-refractivity contribution in [3.05, 3.63) is 64.0 Å². The Morgan fingerprint density at radius 3 is 2.48 bits per heavy atom. The number of nitrogens with zero attached hydrogens (tertiary/aromatic N) is 2. The predicted octanol–water partition coefficient (Wildman–Crippen LogP) is 5.09. The van der Waals surface area contributed by atoms with Gasteiger partial charge in [0.15, 0.2) is 0 Å². The summed E-state index contributed by atoms with van der Waals surface area (Å²) in [5.74, 6) is -0.975. The Bertz CT molecular complexity index is 1160. The first-order valence-electron chi connectivity index (χ1n) is 10.6. The molecule has 0 bridgehead atoms. The summed E-state index contributed by atoms with van der Waals surface area (Å²) in [5, 5.41) is 3.34. The van der Waals surface area contributed by atoms with Gasteiger partial charge >= 0.3 is 0 Å². The predicted molar refractivity (Wildman–Crippen MR) is 137 cm³/mol. The summed E-state index contributed by atoms with van der Waals surface area (Å²) < 4.78 is 0.461. The standard InChI is InChI=1S/C24H22ClN3O3S2/c1-2-3-6-13-27-23(31)21(33-24(27)32)20-17-7-4-5-8-18(17)28(22(20)30)14-19(29)26-16-11-9-15(25)10-12-16/h4-5,7-12H,2-3,6,13-14H2,1H3,(H,26,29)/b21-20+. The second kappa shape index (κ2) is 10.1. The lowest BCUT2D eigenvalue weighted by Crippen LogP contribution is -2.35. The van der Waals surface area contributed by atoms with E-state index < -0.39 is 0 Å². The van der Waals surface area contributed by atoms with E-state index in [-0.39, 0.29) is 24.3 Å². The summed E-state index contributed by atoms with van der Waals surface area (Å²) in [5.41, 5.74) is 2.12. The van der Waals surface area contributed by atoms with Crippen molar-refractivity contribution in [2.24, 2.45) is 0 Å². The van der Waals surface area contributed by atoms with Crippen LogP contribution in [0, 0.1) is 0 Å². The zero-order valence-electron chi connectivity index (χ0n) is 18.0. The summed E-state index contributed by atoms with van der Waals surface area (Å²) in [6, 6.07) is 13.9. The van der Waals surface area contributed by atoms with Crippen molar-refractivity contribution in [2.75, 3.05) is 23.3 Å². The van der Waals surface area contributed by atoms with Crippen LogP contribution in [0.4, 0.5) is 11.4 Å². The van der Waals surface area contributed by atoms with E-state index in [0.717, 1.165) is 31.0 Å². The largest absolute Gasteiger partial charge is 0.325 e. The fourth-order valence-corrected chi connectivity index (χ4v) is 5.30. The normalized spacial score (nSPS) is 17.7. The van der Waals surface area contributed by atoms with E-state index in [4.69, 9.17) is 23.8 Å². The first-order chi connectivity index (χ1) is 15.9. The number of amides is 3. The molecule has 0 aromatic heterocycles. The van der Waals surface area contributed by atoms with Crippen LogP contribution in [-0.4, -0.2) is 40.0 Å². The molecule has 2 aromatic rings. The number of hydrogen-bond acceptors (Lipinski definition) is 5. The number of fused-ring (bicyclic) bond motifs is 1. The highest BCUT2D eigenvalue weighted by Gasteiger charge is 2.42. The van der Waals surface area contributed by atoms with Crippen LogP contribution < -0.4 is 10.2 Å². The number of anilines is 2. The molecule has 6 nitrogen and oxygen atoms in total. The quantitative estimate of drug-likeness (QED) is 0.326. The first-order valence-corrected chi connectivity index (χ1v) is 12.3. The Morgan fingerprint density at radius 2 is 1.76 bits per heavy atom. The summed E-state index contributed by atoms with van der Waals surface area (Å²) >= 11 is 12.5. The number of thioether (sulfide) groups is 1. The van der Waals surface area contributed by atoms with Crippen molar-refractivity contribution in [1.29, 1.82) is 0 Å². The molecule has 4 rings (SSSR count). The molecule has 2 aliphatic heterocycles. The molecule has 0 spiro atoms. The van der Waals surface area contributed by atoms with E-state index in [1.807, 2.05) is 6.07 Å². The number of carbonyl (C=O) groups is 3. The number of carbonyl (C=O) groups excluding carboxylic acids is 3. The van der Waals surface area contributed by atoms with Gasteiger partial charge in [-0.2, -0.15) is 0 Å². The number of unbranched alkanes of at least 4 members (excludes halogenated alkanes) is 2. The minimum absolute atomic E-state index is 0.182. The van der Waals surface area contributed by atoms with E-state index in [0.29, 0.717) is 43.3 Å². The number of benzene rings is 2. The molecule has 0 saturated carbocycles. The molecule has 2 aromatic carbocycles. The third-order valence-electron chi connectivity index (χ3n) is 5.41. The van der Waals surface area contributed by atoms with Gasteiger partial charge in [-0.05, 0) is 36.8 Å². The fourth-order valence-electron chi connectivity index (χ4n) is 3.80. The van der Waals surface area contributed by atoms with Gasteiger partial charge in [0.25, 0.3) is 11.8 Å². The van der Waals surface area contributed by atoms with Crippen molar-refractivity contribution >= 4 is 74.6 Å². The highest BCUT2D eigenvalue weighted by molar-refractivity contribution is 8.26. The van der Waals surface area contributed by atoms with Gasteiger partial charge in [0.1, 0.15) is 10.9 Å². The van der Waals surface area contributed by atoms with E-state index in [9.17, 15) is 14.4 Å². The van der Waals surface area contributed by atoms with Crippen LogP contribution in [-0.2, 0) is 14.4 Å². The highest BCUT2D eigenvalue weighted by Crippen LogP contribution is 2.44. The van der Waals surface area contributed by atoms with E-state index in [2.05, 4.69) is 12.2 Å². The average Bonchev–Trinajstić information content (AvgIpc) is 3.23. The van der Waals surface area contributed by atoms with Crippen molar-refractivity contribution in [3.8, 4) is 0 Å². The number of halogens is 1. The Labute approximate surface area is 207 Å². The minimum Gasteiger partial charge on any atom is -0.325 e. The fraction of sp³-hybridized carbons (Fsp3) is 0.250.